The van der Waals surface area contributed by atoms with E-state index in [0.29, 0.717) is 10.1 Å². The Balaban J connectivity index is 2.30. The van der Waals surface area contributed by atoms with Gasteiger partial charge in [-0.15, -0.1) is 0 Å². The normalized spacial score (nSPS) is 11.9. The number of methoxy groups -OCH3 is 1. The van der Waals surface area contributed by atoms with Crippen LogP contribution in [0.15, 0.2) is 52.5 Å². The molecule has 0 saturated carbocycles. The molecule has 0 aliphatic carbocycles. The summed E-state index contributed by atoms with van der Waals surface area (Å²) in [5.74, 6) is 0.804. The summed E-state index contributed by atoms with van der Waals surface area (Å²) in [5, 5.41) is 1.37. The van der Waals surface area contributed by atoms with Crippen LogP contribution in [0.2, 0.25) is 5.02 Å². The summed E-state index contributed by atoms with van der Waals surface area (Å²) < 4.78 is 5.12. The van der Waals surface area contributed by atoms with E-state index in [1.807, 2.05) is 55.5 Å². The van der Waals surface area contributed by atoms with Crippen LogP contribution < -0.4 is 4.74 Å². The van der Waals surface area contributed by atoms with Gasteiger partial charge in [0.2, 0.25) is 0 Å². The van der Waals surface area contributed by atoms with Crippen molar-refractivity contribution in [2.45, 2.75) is 6.92 Å². The van der Waals surface area contributed by atoms with Gasteiger partial charge in [-0.2, -0.15) is 0 Å². The van der Waals surface area contributed by atoms with E-state index in [1.165, 1.54) is 0 Å². The maximum absolute atomic E-state index is 6.04. The van der Waals surface area contributed by atoms with Gasteiger partial charge >= 0.3 is 0 Å². The van der Waals surface area contributed by atoms with E-state index in [-0.39, 0.29) is 0 Å². The first-order valence-electron chi connectivity index (χ1n) is 6.40. The van der Waals surface area contributed by atoms with Crippen LogP contribution in [0.25, 0.3) is 6.08 Å². The summed E-state index contributed by atoms with van der Waals surface area (Å²) in [6.45, 7) is 1.83. The Bertz CT molecular complexity index is 672. The molecule has 108 valence electrons. The van der Waals surface area contributed by atoms with Crippen molar-refractivity contribution in [3.8, 4) is 5.75 Å². The first kappa shape index (κ1) is 15.6. The van der Waals surface area contributed by atoms with E-state index < -0.39 is 0 Å². The predicted octanol–water partition coefficient (Wildman–Crippen LogP) is 5.70. The molecule has 0 unspecified atom stereocenters. The lowest BCUT2D eigenvalue weighted by Gasteiger charge is -2.03. The molecule has 2 nitrogen and oxygen atoms in total. The molecule has 0 N–H and O–H groups in total. The van der Waals surface area contributed by atoms with Crippen molar-refractivity contribution in [3.05, 3.63) is 63.6 Å². The van der Waals surface area contributed by atoms with Gasteiger partial charge in [0.25, 0.3) is 0 Å². The summed E-state index contributed by atoms with van der Waals surface area (Å²) >= 11 is 12.0. The fraction of sp³-hybridized carbons (Fsp3) is 0.118. The Labute approximate surface area is 134 Å². The largest absolute Gasteiger partial charge is 0.497 e. The Morgan fingerprint density at radius 3 is 2.43 bits per heavy atom. The molecule has 0 atom stereocenters. The zero-order chi connectivity index (χ0) is 15.2. The molecule has 21 heavy (non-hydrogen) atoms. The summed E-state index contributed by atoms with van der Waals surface area (Å²) in [4.78, 5) is 4.45. The van der Waals surface area contributed by atoms with Crippen LogP contribution in [0.4, 0.5) is 5.69 Å². The zero-order valence-corrected chi connectivity index (χ0v) is 13.3. The highest BCUT2D eigenvalue weighted by molar-refractivity contribution is 6.32. The highest BCUT2D eigenvalue weighted by atomic mass is 35.5. The molecule has 0 bridgehead atoms. The van der Waals surface area contributed by atoms with E-state index >= 15 is 0 Å². The average Bonchev–Trinajstić information content (AvgIpc) is 2.47. The first-order valence-corrected chi connectivity index (χ1v) is 7.15. The van der Waals surface area contributed by atoms with Gasteiger partial charge in [0.15, 0.2) is 0 Å². The van der Waals surface area contributed by atoms with Crippen LogP contribution in [0.3, 0.4) is 0 Å². The molecule has 0 spiro atoms. The predicted molar refractivity (Wildman–Crippen MR) is 91.2 cm³/mol. The van der Waals surface area contributed by atoms with Gasteiger partial charge in [0, 0.05) is 21.8 Å². The van der Waals surface area contributed by atoms with Crippen molar-refractivity contribution in [1.82, 2.24) is 0 Å². The second-order valence-electron chi connectivity index (χ2n) is 4.46. The van der Waals surface area contributed by atoms with Crippen LogP contribution >= 0.6 is 23.2 Å². The standard InChI is InChI=1S/C17H15Cl2NO/c1-12(18)9-13-3-4-15(19)10-14(13)11-20-16-5-7-17(21-2)8-6-16/h3-11H,1-2H3/b12-9-,20-11+. The Hall–Kier alpha value is -1.77. The van der Waals surface area contributed by atoms with E-state index in [2.05, 4.69) is 4.99 Å². The summed E-state index contributed by atoms with van der Waals surface area (Å²) in [5.41, 5.74) is 2.73. The van der Waals surface area contributed by atoms with Crippen molar-refractivity contribution in [1.29, 1.82) is 0 Å². The minimum absolute atomic E-state index is 0.663. The topological polar surface area (TPSA) is 21.6 Å². The number of allylic oxidation sites excluding steroid dienone is 1. The molecule has 0 saturated heterocycles. The molecule has 0 aliphatic heterocycles. The van der Waals surface area contributed by atoms with Crippen molar-refractivity contribution in [2.75, 3.05) is 7.11 Å². The monoisotopic (exact) mass is 319 g/mol. The number of halogens is 2. The summed E-state index contributed by atoms with van der Waals surface area (Å²) in [6, 6.07) is 13.1. The van der Waals surface area contributed by atoms with Crippen LogP contribution in [0, 0.1) is 0 Å². The fourth-order valence-corrected chi connectivity index (χ4v) is 2.11. The minimum atomic E-state index is 0.663. The molecule has 0 heterocycles. The lowest BCUT2D eigenvalue weighted by Crippen LogP contribution is -1.87. The summed E-state index contributed by atoms with van der Waals surface area (Å²) in [7, 11) is 1.64. The molecule has 2 aromatic rings. The van der Waals surface area contributed by atoms with E-state index in [0.717, 1.165) is 22.6 Å². The second kappa shape index (κ2) is 7.30. The SMILES string of the molecule is COc1ccc(/N=C/c2cc(Cl)ccc2/C=C(/C)Cl)cc1. The highest BCUT2D eigenvalue weighted by Crippen LogP contribution is 2.21. The van der Waals surface area contributed by atoms with Crippen LogP contribution in [0.1, 0.15) is 18.1 Å². The molecular weight excluding hydrogens is 305 g/mol. The van der Waals surface area contributed by atoms with Gasteiger partial charge < -0.3 is 4.74 Å². The second-order valence-corrected chi connectivity index (χ2v) is 5.49. The lowest BCUT2D eigenvalue weighted by molar-refractivity contribution is 0.415. The Morgan fingerprint density at radius 1 is 1.10 bits per heavy atom. The van der Waals surface area contributed by atoms with E-state index in [9.17, 15) is 0 Å². The van der Waals surface area contributed by atoms with Gasteiger partial charge in [-0.25, -0.2) is 0 Å². The third-order valence-electron chi connectivity index (χ3n) is 2.83. The van der Waals surface area contributed by atoms with Crippen LogP contribution in [-0.4, -0.2) is 13.3 Å². The third-order valence-corrected chi connectivity index (χ3v) is 3.17. The fourth-order valence-electron chi connectivity index (χ4n) is 1.82. The van der Waals surface area contributed by atoms with Crippen molar-refractivity contribution in [3.63, 3.8) is 0 Å². The smallest absolute Gasteiger partial charge is 0.119 e. The number of nitrogens with zero attached hydrogens (tertiary/aromatic N) is 1. The molecule has 0 amide bonds. The molecule has 4 heteroatoms. The van der Waals surface area contributed by atoms with Gasteiger partial charge in [-0.1, -0.05) is 29.3 Å². The van der Waals surface area contributed by atoms with Crippen molar-refractivity contribution in [2.24, 2.45) is 4.99 Å². The van der Waals surface area contributed by atoms with E-state index in [4.69, 9.17) is 27.9 Å². The molecule has 0 aliphatic rings. The number of hydrogen-bond acceptors (Lipinski definition) is 2. The molecule has 0 aromatic heterocycles. The number of rotatable bonds is 4. The number of aliphatic imine (C=N–C) groups is 1. The number of benzene rings is 2. The van der Waals surface area contributed by atoms with Crippen LogP contribution in [-0.2, 0) is 0 Å². The first-order chi connectivity index (χ1) is 10.1. The molecule has 0 fully saturated rings. The van der Waals surface area contributed by atoms with E-state index in [1.54, 1.807) is 13.3 Å². The Morgan fingerprint density at radius 2 is 1.81 bits per heavy atom. The van der Waals surface area contributed by atoms with Crippen LogP contribution in [0.5, 0.6) is 5.75 Å². The van der Waals surface area contributed by atoms with Gasteiger partial charge in [0.05, 0.1) is 12.8 Å². The molecule has 2 aromatic carbocycles. The van der Waals surface area contributed by atoms with Crippen molar-refractivity contribution < 1.29 is 4.74 Å². The quantitative estimate of drug-likeness (QED) is 0.662. The molecule has 0 radical (unpaired) electrons. The Kier molecular flexibility index (Phi) is 5.43. The van der Waals surface area contributed by atoms with Crippen molar-refractivity contribution >= 4 is 41.2 Å². The summed E-state index contributed by atoms with van der Waals surface area (Å²) in [6.07, 6.45) is 3.66. The number of hydrogen-bond donors (Lipinski definition) is 0. The average molecular weight is 320 g/mol. The molecular formula is C17H15Cl2NO. The minimum Gasteiger partial charge on any atom is -0.497 e. The van der Waals surface area contributed by atoms with Gasteiger partial charge in [-0.3, -0.25) is 4.99 Å². The maximum atomic E-state index is 6.04. The van der Waals surface area contributed by atoms with Gasteiger partial charge in [-0.05, 0) is 55.0 Å². The molecule has 2 rings (SSSR count). The third kappa shape index (κ3) is 4.62. The lowest BCUT2D eigenvalue weighted by atomic mass is 10.1. The zero-order valence-electron chi connectivity index (χ0n) is 11.8. The van der Waals surface area contributed by atoms with Gasteiger partial charge in [0.1, 0.15) is 5.75 Å². The maximum Gasteiger partial charge on any atom is 0.119 e. The number of ether oxygens (including phenoxy) is 1. The highest BCUT2D eigenvalue weighted by Gasteiger charge is 2.00.